The van der Waals surface area contributed by atoms with Gasteiger partial charge in [0.05, 0.1) is 23.9 Å². The highest BCUT2D eigenvalue weighted by molar-refractivity contribution is 6.39. The number of carbonyl (C=O) groups is 3. The fraction of sp³-hybridized carbons (Fsp3) is 0.292. The molecule has 1 heterocycles. The highest BCUT2D eigenvalue weighted by atomic mass is 35.5. The summed E-state index contributed by atoms with van der Waals surface area (Å²) in [5, 5.41) is 2.50. The van der Waals surface area contributed by atoms with Gasteiger partial charge in [-0.15, -0.1) is 0 Å². The standard InChI is InChI=1S/C24H25ClN2O5/c1-6-15(4)32-21-19(25)11-16(12-20(21)31-5)10-18-22(28)26-24(30)27(23(18)29)17-8-7-13(2)14(3)9-17/h7-12,15H,6H2,1-5H3,(H,26,28,30). The molecule has 0 aliphatic carbocycles. The molecule has 8 heteroatoms. The van der Waals surface area contributed by atoms with Gasteiger partial charge in [-0.05, 0) is 74.2 Å². The summed E-state index contributed by atoms with van der Waals surface area (Å²) in [6.45, 7) is 7.71. The van der Waals surface area contributed by atoms with Crippen LogP contribution < -0.4 is 19.7 Å². The van der Waals surface area contributed by atoms with Crippen molar-refractivity contribution in [1.29, 1.82) is 0 Å². The molecule has 1 fully saturated rings. The first-order valence-corrected chi connectivity index (χ1v) is 10.6. The number of halogens is 1. The molecule has 2 aromatic rings. The number of urea groups is 1. The van der Waals surface area contributed by atoms with Crippen LogP contribution in [0.15, 0.2) is 35.9 Å². The van der Waals surface area contributed by atoms with Crippen molar-refractivity contribution in [3.05, 3.63) is 57.6 Å². The minimum Gasteiger partial charge on any atom is -0.493 e. The summed E-state index contributed by atoms with van der Waals surface area (Å²) in [5.74, 6) is -0.750. The molecule has 1 atom stereocenters. The lowest BCUT2D eigenvalue weighted by Gasteiger charge is -2.27. The third-order valence-electron chi connectivity index (χ3n) is 5.31. The molecule has 168 valence electrons. The molecule has 3 rings (SSSR count). The summed E-state index contributed by atoms with van der Waals surface area (Å²) >= 11 is 6.40. The molecular formula is C24H25ClN2O5. The van der Waals surface area contributed by atoms with Crippen LogP contribution >= 0.6 is 11.6 Å². The summed E-state index contributed by atoms with van der Waals surface area (Å²) in [6, 6.07) is 7.59. The van der Waals surface area contributed by atoms with Gasteiger partial charge >= 0.3 is 6.03 Å². The molecule has 0 radical (unpaired) electrons. The van der Waals surface area contributed by atoms with Gasteiger partial charge in [-0.1, -0.05) is 24.6 Å². The summed E-state index contributed by atoms with van der Waals surface area (Å²) in [4.78, 5) is 39.0. The summed E-state index contributed by atoms with van der Waals surface area (Å²) < 4.78 is 11.2. The van der Waals surface area contributed by atoms with Crippen molar-refractivity contribution in [3.63, 3.8) is 0 Å². The molecule has 32 heavy (non-hydrogen) atoms. The molecule has 0 aromatic heterocycles. The van der Waals surface area contributed by atoms with Gasteiger partial charge in [0.1, 0.15) is 5.57 Å². The molecule has 1 N–H and O–H groups in total. The molecule has 2 aromatic carbocycles. The fourth-order valence-corrected chi connectivity index (χ4v) is 3.41. The molecule has 1 saturated heterocycles. The Hall–Kier alpha value is -3.32. The molecule has 4 amide bonds. The topological polar surface area (TPSA) is 84.9 Å². The average molecular weight is 457 g/mol. The zero-order valence-corrected chi connectivity index (χ0v) is 19.4. The van der Waals surface area contributed by atoms with E-state index < -0.39 is 17.8 Å². The lowest BCUT2D eigenvalue weighted by atomic mass is 10.0. The number of carbonyl (C=O) groups excluding carboxylic acids is 3. The Labute approximate surface area is 191 Å². The predicted molar refractivity (Wildman–Crippen MR) is 123 cm³/mol. The number of anilines is 1. The Morgan fingerprint density at radius 1 is 1.12 bits per heavy atom. The van der Waals surface area contributed by atoms with Gasteiger partial charge in [0.2, 0.25) is 0 Å². The second kappa shape index (κ2) is 9.44. The Morgan fingerprint density at radius 2 is 1.84 bits per heavy atom. The molecule has 1 unspecified atom stereocenters. The number of imide groups is 2. The molecule has 1 aliphatic heterocycles. The maximum Gasteiger partial charge on any atom is 0.335 e. The van der Waals surface area contributed by atoms with Gasteiger partial charge in [0.25, 0.3) is 11.8 Å². The van der Waals surface area contributed by atoms with E-state index in [4.69, 9.17) is 21.1 Å². The van der Waals surface area contributed by atoms with Crippen LogP contribution in [0.1, 0.15) is 37.0 Å². The number of rotatable bonds is 6. The summed E-state index contributed by atoms with van der Waals surface area (Å²) in [5.41, 5.74) is 2.57. The number of aryl methyl sites for hydroxylation is 2. The van der Waals surface area contributed by atoms with E-state index in [1.54, 1.807) is 24.3 Å². The molecule has 1 aliphatic rings. The van der Waals surface area contributed by atoms with Crippen LogP contribution in [0.25, 0.3) is 6.08 Å². The van der Waals surface area contributed by atoms with Crippen LogP contribution in [0.2, 0.25) is 5.02 Å². The largest absolute Gasteiger partial charge is 0.493 e. The normalized spacial score (nSPS) is 16.2. The third-order valence-corrected chi connectivity index (χ3v) is 5.59. The van der Waals surface area contributed by atoms with E-state index in [0.717, 1.165) is 22.4 Å². The third kappa shape index (κ3) is 4.62. The Bertz CT molecular complexity index is 1130. The van der Waals surface area contributed by atoms with Gasteiger partial charge in [-0.2, -0.15) is 0 Å². The van der Waals surface area contributed by atoms with Gasteiger partial charge in [0, 0.05) is 0 Å². The first kappa shape index (κ1) is 23.3. The van der Waals surface area contributed by atoms with Crippen LogP contribution in [0.5, 0.6) is 11.5 Å². The zero-order chi connectivity index (χ0) is 23.6. The highest BCUT2D eigenvalue weighted by Gasteiger charge is 2.37. The number of benzene rings is 2. The Kier molecular flexibility index (Phi) is 6.89. The van der Waals surface area contributed by atoms with Gasteiger partial charge < -0.3 is 9.47 Å². The minimum absolute atomic E-state index is 0.0751. The molecule has 0 spiro atoms. The predicted octanol–water partition coefficient (Wildman–Crippen LogP) is 4.81. The summed E-state index contributed by atoms with van der Waals surface area (Å²) in [7, 11) is 1.48. The van der Waals surface area contributed by atoms with E-state index in [9.17, 15) is 14.4 Å². The zero-order valence-electron chi connectivity index (χ0n) is 18.6. The molecule has 0 saturated carbocycles. The lowest BCUT2D eigenvalue weighted by Crippen LogP contribution is -2.54. The van der Waals surface area contributed by atoms with Crippen molar-refractivity contribution in [3.8, 4) is 11.5 Å². The smallest absolute Gasteiger partial charge is 0.335 e. The van der Waals surface area contributed by atoms with Crippen molar-refractivity contribution in [1.82, 2.24) is 5.32 Å². The van der Waals surface area contributed by atoms with Crippen molar-refractivity contribution < 1.29 is 23.9 Å². The number of nitrogens with zero attached hydrogens (tertiary/aromatic N) is 1. The monoisotopic (exact) mass is 456 g/mol. The first-order chi connectivity index (χ1) is 15.2. The van der Waals surface area contributed by atoms with Crippen LogP contribution in [0, 0.1) is 13.8 Å². The van der Waals surface area contributed by atoms with Gasteiger partial charge in [-0.25, -0.2) is 9.69 Å². The van der Waals surface area contributed by atoms with E-state index in [-0.39, 0.29) is 16.7 Å². The van der Waals surface area contributed by atoms with E-state index >= 15 is 0 Å². The second-order valence-corrected chi connectivity index (χ2v) is 8.00. The van der Waals surface area contributed by atoms with Crippen molar-refractivity contribution in [2.75, 3.05) is 12.0 Å². The van der Waals surface area contributed by atoms with Crippen LogP contribution in [-0.4, -0.2) is 31.1 Å². The highest BCUT2D eigenvalue weighted by Crippen LogP contribution is 2.38. The van der Waals surface area contributed by atoms with E-state index in [1.807, 2.05) is 33.8 Å². The van der Waals surface area contributed by atoms with Crippen molar-refractivity contribution >= 4 is 41.2 Å². The van der Waals surface area contributed by atoms with Crippen LogP contribution in [0.4, 0.5) is 10.5 Å². The number of hydrogen-bond acceptors (Lipinski definition) is 5. The fourth-order valence-electron chi connectivity index (χ4n) is 3.15. The lowest BCUT2D eigenvalue weighted by molar-refractivity contribution is -0.122. The SMILES string of the molecule is CCC(C)Oc1c(Cl)cc(C=C2C(=O)NC(=O)N(c3ccc(C)c(C)c3)C2=O)cc1OC. The van der Waals surface area contributed by atoms with E-state index in [0.29, 0.717) is 22.7 Å². The van der Waals surface area contributed by atoms with Gasteiger partial charge in [-0.3, -0.25) is 14.9 Å². The number of methoxy groups -OCH3 is 1. The Morgan fingerprint density at radius 3 is 2.47 bits per heavy atom. The number of amides is 4. The van der Waals surface area contributed by atoms with Crippen LogP contribution in [-0.2, 0) is 9.59 Å². The second-order valence-electron chi connectivity index (χ2n) is 7.60. The number of hydrogen-bond donors (Lipinski definition) is 1. The minimum atomic E-state index is -0.798. The maximum absolute atomic E-state index is 13.1. The number of ether oxygens (including phenoxy) is 2. The molecular weight excluding hydrogens is 432 g/mol. The quantitative estimate of drug-likeness (QED) is 0.498. The van der Waals surface area contributed by atoms with E-state index in [2.05, 4.69) is 5.32 Å². The van der Waals surface area contributed by atoms with Crippen LogP contribution in [0.3, 0.4) is 0 Å². The maximum atomic E-state index is 13.1. The number of nitrogens with one attached hydrogen (secondary N) is 1. The summed E-state index contributed by atoms with van der Waals surface area (Å²) in [6.07, 6.45) is 2.08. The van der Waals surface area contributed by atoms with E-state index in [1.165, 1.54) is 13.2 Å². The van der Waals surface area contributed by atoms with Crippen molar-refractivity contribution in [2.24, 2.45) is 0 Å². The average Bonchev–Trinajstić information content (AvgIpc) is 2.74. The Balaban J connectivity index is 2.02. The van der Waals surface area contributed by atoms with Crippen molar-refractivity contribution in [2.45, 2.75) is 40.2 Å². The molecule has 7 nitrogen and oxygen atoms in total. The number of barbiturate groups is 1. The molecule has 0 bridgehead atoms. The first-order valence-electron chi connectivity index (χ1n) is 10.2. The van der Waals surface area contributed by atoms with Gasteiger partial charge in [0.15, 0.2) is 11.5 Å².